The quantitative estimate of drug-likeness (QED) is 0.496. The highest BCUT2D eigenvalue weighted by atomic mass is 16.5. The average molecular weight is 346 g/mol. The van der Waals surface area contributed by atoms with Crippen LogP contribution in [0.5, 0.6) is 0 Å². The smallest absolute Gasteiger partial charge is 0.338 e. The van der Waals surface area contributed by atoms with Gasteiger partial charge in [0.25, 0.3) is 0 Å². The molecule has 0 aliphatic heterocycles. The summed E-state index contributed by atoms with van der Waals surface area (Å²) in [6.07, 6.45) is 1.85. The fraction of sp³-hybridized carbons (Fsp3) is 0.182. The first-order valence-corrected chi connectivity index (χ1v) is 8.49. The summed E-state index contributed by atoms with van der Waals surface area (Å²) >= 11 is 0. The molecule has 2 aromatic carbocycles. The lowest BCUT2D eigenvalue weighted by molar-refractivity contribution is 0.0600. The largest absolute Gasteiger partial charge is 0.465 e. The van der Waals surface area contributed by atoms with Crippen LogP contribution < -0.4 is 0 Å². The van der Waals surface area contributed by atoms with Crippen molar-refractivity contribution in [3.05, 3.63) is 82.7 Å². The van der Waals surface area contributed by atoms with Crippen molar-refractivity contribution in [3.8, 4) is 5.69 Å². The Morgan fingerprint density at radius 2 is 1.77 bits per heavy atom. The summed E-state index contributed by atoms with van der Waals surface area (Å²) in [4.78, 5) is 16.5. The van der Waals surface area contributed by atoms with E-state index in [2.05, 4.69) is 41.6 Å². The Hall–Kier alpha value is -3.14. The van der Waals surface area contributed by atoms with Crippen LogP contribution in [0.4, 0.5) is 5.69 Å². The number of para-hydroxylation sites is 1. The van der Waals surface area contributed by atoms with Gasteiger partial charge >= 0.3 is 5.97 Å². The molecule has 0 atom stereocenters. The van der Waals surface area contributed by atoms with Gasteiger partial charge < -0.3 is 9.30 Å². The summed E-state index contributed by atoms with van der Waals surface area (Å²) in [5, 5.41) is 0. The fourth-order valence-corrected chi connectivity index (χ4v) is 3.13. The average Bonchev–Trinajstić information content (AvgIpc) is 2.94. The van der Waals surface area contributed by atoms with E-state index in [1.165, 1.54) is 7.11 Å². The summed E-state index contributed by atoms with van der Waals surface area (Å²) < 4.78 is 7.04. The number of ether oxygens (including phenoxy) is 1. The van der Waals surface area contributed by atoms with Crippen LogP contribution in [-0.2, 0) is 4.74 Å². The Bertz CT molecular complexity index is 969. The van der Waals surface area contributed by atoms with Crippen LogP contribution in [0.3, 0.4) is 0 Å². The summed E-state index contributed by atoms with van der Waals surface area (Å²) in [6.45, 7) is 6.05. The van der Waals surface area contributed by atoms with E-state index in [0.29, 0.717) is 5.56 Å². The van der Waals surface area contributed by atoms with Crippen LogP contribution in [-0.4, -0.2) is 23.9 Å². The molecule has 4 heteroatoms. The number of esters is 1. The molecular weight excluding hydrogens is 324 g/mol. The van der Waals surface area contributed by atoms with Crippen molar-refractivity contribution in [1.82, 2.24) is 4.57 Å². The third-order valence-electron chi connectivity index (χ3n) is 4.54. The van der Waals surface area contributed by atoms with Crippen LogP contribution >= 0.6 is 0 Å². The third-order valence-corrected chi connectivity index (χ3v) is 4.54. The molecule has 0 amide bonds. The molecule has 1 aromatic heterocycles. The number of nitrogens with zero attached hydrogens (tertiary/aromatic N) is 2. The standard InChI is InChI=1S/C22H22N2O2/c1-15-13-18(17(3)24(15)19-9-6-5-7-10-19)14-23-21-12-8-11-20(16(21)2)22(25)26-4/h5-14H,1-4H3. The van der Waals surface area contributed by atoms with Crippen molar-refractivity contribution in [2.45, 2.75) is 20.8 Å². The zero-order chi connectivity index (χ0) is 18.7. The Labute approximate surface area is 153 Å². The Morgan fingerprint density at radius 1 is 1.04 bits per heavy atom. The lowest BCUT2D eigenvalue weighted by atomic mass is 10.1. The van der Waals surface area contributed by atoms with Crippen molar-refractivity contribution in [1.29, 1.82) is 0 Å². The first-order valence-electron chi connectivity index (χ1n) is 8.49. The second-order valence-electron chi connectivity index (χ2n) is 6.20. The van der Waals surface area contributed by atoms with Crippen molar-refractivity contribution >= 4 is 17.9 Å². The molecular formula is C22H22N2O2. The van der Waals surface area contributed by atoms with E-state index in [9.17, 15) is 4.79 Å². The highest BCUT2D eigenvalue weighted by Crippen LogP contribution is 2.24. The van der Waals surface area contributed by atoms with Crippen molar-refractivity contribution in [2.75, 3.05) is 7.11 Å². The summed E-state index contributed by atoms with van der Waals surface area (Å²) in [5.74, 6) is -0.346. The van der Waals surface area contributed by atoms with Gasteiger partial charge in [-0.2, -0.15) is 0 Å². The van der Waals surface area contributed by atoms with E-state index < -0.39 is 0 Å². The van der Waals surface area contributed by atoms with Crippen LogP contribution in [0, 0.1) is 20.8 Å². The van der Waals surface area contributed by atoms with E-state index in [1.807, 2.05) is 43.5 Å². The number of methoxy groups -OCH3 is 1. The lowest BCUT2D eigenvalue weighted by Crippen LogP contribution is -2.03. The maximum Gasteiger partial charge on any atom is 0.338 e. The molecule has 26 heavy (non-hydrogen) atoms. The van der Waals surface area contributed by atoms with Gasteiger partial charge in [-0.15, -0.1) is 0 Å². The number of aliphatic imine (C=N–C) groups is 1. The highest BCUT2D eigenvalue weighted by molar-refractivity contribution is 5.93. The molecule has 4 nitrogen and oxygen atoms in total. The van der Waals surface area contributed by atoms with Gasteiger partial charge in [0.15, 0.2) is 0 Å². The molecule has 0 aliphatic rings. The van der Waals surface area contributed by atoms with Crippen molar-refractivity contribution < 1.29 is 9.53 Å². The summed E-state index contributed by atoms with van der Waals surface area (Å²) in [7, 11) is 1.39. The number of hydrogen-bond acceptors (Lipinski definition) is 3. The molecule has 0 bridgehead atoms. The zero-order valence-electron chi connectivity index (χ0n) is 15.5. The van der Waals surface area contributed by atoms with E-state index in [-0.39, 0.29) is 5.97 Å². The Morgan fingerprint density at radius 3 is 2.46 bits per heavy atom. The van der Waals surface area contributed by atoms with E-state index >= 15 is 0 Å². The van der Waals surface area contributed by atoms with Gasteiger partial charge in [-0.3, -0.25) is 4.99 Å². The molecule has 0 unspecified atom stereocenters. The predicted octanol–water partition coefficient (Wildman–Crippen LogP) is 4.94. The second kappa shape index (κ2) is 7.40. The van der Waals surface area contributed by atoms with Gasteiger partial charge in [0.05, 0.1) is 18.4 Å². The van der Waals surface area contributed by atoms with Crippen LogP contribution in [0.2, 0.25) is 0 Å². The van der Waals surface area contributed by atoms with Gasteiger partial charge in [-0.05, 0) is 56.7 Å². The zero-order valence-corrected chi connectivity index (χ0v) is 15.5. The van der Waals surface area contributed by atoms with Crippen LogP contribution in [0.25, 0.3) is 5.69 Å². The number of aromatic nitrogens is 1. The van der Waals surface area contributed by atoms with Gasteiger partial charge in [0, 0.05) is 28.9 Å². The number of benzene rings is 2. The molecule has 0 saturated carbocycles. The molecule has 3 rings (SSSR count). The minimum atomic E-state index is -0.346. The van der Waals surface area contributed by atoms with Gasteiger partial charge in [0.2, 0.25) is 0 Å². The normalized spacial score (nSPS) is 11.1. The predicted molar refractivity (Wildman–Crippen MR) is 105 cm³/mol. The molecule has 0 saturated heterocycles. The topological polar surface area (TPSA) is 43.6 Å². The third kappa shape index (κ3) is 3.31. The van der Waals surface area contributed by atoms with Crippen LogP contribution in [0.1, 0.15) is 32.9 Å². The minimum absolute atomic E-state index is 0.346. The minimum Gasteiger partial charge on any atom is -0.465 e. The summed E-state index contributed by atoms with van der Waals surface area (Å²) in [6, 6.07) is 17.8. The van der Waals surface area contributed by atoms with Crippen molar-refractivity contribution in [3.63, 3.8) is 0 Å². The second-order valence-corrected chi connectivity index (χ2v) is 6.20. The molecule has 0 aliphatic carbocycles. The Balaban J connectivity index is 1.97. The number of hydrogen-bond donors (Lipinski definition) is 0. The first-order chi connectivity index (χ1) is 12.5. The maximum absolute atomic E-state index is 11.8. The van der Waals surface area contributed by atoms with E-state index in [4.69, 9.17) is 4.74 Å². The number of rotatable bonds is 4. The number of carbonyl (C=O) groups is 1. The van der Waals surface area contributed by atoms with E-state index in [1.54, 1.807) is 6.07 Å². The molecule has 3 aromatic rings. The molecule has 1 heterocycles. The van der Waals surface area contributed by atoms with Crippen LogP contribution in [0.15, 0.2) is 59.6 Å². The first kappa shape index (κ1) is 17.7. The number of aryl methyl sites for hydroxylation is 1. The maximum atomic E-state index is 11.8. The fourth-order valence-electron chi connectivity index (χ4n) is 3.13. The van der Waals surface area contributed by atoms with E-state index in [0.717, 1.165) is 33.9 Å². The van der Waals surface area contributed by atoms with Crippen molar-refractivity contribution in [2.24, 2.45) is 4.99 Å². The Kier molecular flexibility index (Phi) is 5.03. The van der Waals surface area contributed by atoms with Gasteiger partial charge in [-0.1, -0.05) is 24.3 Å². The summed E-state index contributed by atoms with van der Waals surface area (Å²) in [5.41, 5.74) is 6.57. The van der Waals surface area contributed by atoms with Gasteiger partial charge in [-0.25, -0.2) is 4.79 Å². The molecule has 0 fully saturated rings. The number of carbonyl (C=O) groups excluding carboxylic acids is 1. The molecule has 0 spiro atoms. The molecule has 0 N–H and O–H groups in total. The molecule has 0 radical (unpaired) electrons. The lowest BCUT2D eigenvalue weighted by Gasteiger charge is -2.09. The molecule has 132 valence electrons. The monoisotopic (exact) mass is 346 g/mol. The van der Waals surface area contributed by atoms with Gasteiger partial charge in [0.1, 0.15) is 0 Å². The highest BCUT2D eigenvalue weighted by Gasteiger charge is 2.12. The SMILES string of the molecule is COC(=O)c1cccc(N=Cc2cc(C)n(-c3ccccc3)c2C)c1C.